The predicted octanol–water partition coefficient (Wildman–Crippen LogP) is 3.59. The number of halogens is 1. The zero-order chi connectivity index (χ0) is 14.0. The predicted molar refractivity (Wildman–Crippen MR) is 77.4 cm³/mol. The Morgan fingerprint density at radius 2 is 1.95 bits per heavy atom. The number of aromatic carboxylic acids is 1. The van der Waals surface area contributed by atoms with E-state index < -0.39 is 5.97 Å². The van der Waals surface area contributed by atoms with Crippen LogP contribution in [0.2, 0.25) is 0 Å². The molecule has 0 saturated carbocycles. The number of carboxylic acids is 1. The molecule has 0 aliphatic heterocycles. The zero-order valence-electron chi connectivity index (χ0n) is 10.9. The van der Waals surface area contributed by atoms with Gasteiger partial charge in [0.15, 0.2) is 5.69 Å². The molecule has 2 aromatic rings. The molecule has 0 unspecified atom stereocenters. The van der Waals surface area contributed by atoms with Gasteiger partial charge in [-0.25, -0.2) is 4.79 Å². The standard InChI is InChI=1S/C14H15BrN2O2/c1-3-9-5-7-10(8-6-9)13-11(15)12(14(18)19)16-17(13)4-2/h5-8H,3-4H2,1-2H3,(H,18,19). The molecule has 0 bridgehead atoms. The smallest absolute Gasteiger partial charge is 0.357 e. The Hall–Kier alpha value is -1.62. The lowest BCUT2D eigenvalue weighted by Crippen LogP contribution is -2.02. The molecular weight excluding hydrogens is 308 g/mol. The minimum atomic E-state index is -1.02. The van der Waals surface area contributed by atoms with E-state index in [-0.39, 0.29) is 5.69 Å². The minimum Gasteiger partial charge on any atom is -0.476 e. The summed E-state index contributed by atoms with van der Waals surface area (Å²) in [5, 5.41) is 13.2. The van der Waals surface area contributed by atoms with E-state index in [1.54, 1.807) is 4.68 Å². The quantitative estimate of drug-likeness (QED) is 0.935. The van der Waals surface area contributed by atoms with E-state index in [1.165, 1.54) is 5.56 Å². The highest BCUT2D eigenvalue weighted by Gasteiger charge is 2.21. The first kappa shape index (κ1) is 13.8. The highest BCUT2D eigenvalue weighted by molar-refractivity contribution is 9.10. The van der Waals surface area contributed by atoms with Crippen molar-refractivity contribution in [3.05, 3.63) is 40.0 Å². The van der Waals surface area contributed by atoms with Crippen molar-refractivity contribution in [2.75, 3.05) is 0 Å². The fourth-order valence-electron chi connectivity index (χ4n) is 1.98. The Morgan fingerprint density at radius 3 is 2.42 bits per heavy atom. The summed E-state index contributed by atoms with van der Waals surface area (Å²) >= 11 is 3.35. The second kappa shape index (κ2) is 5.57. The van der Waals surface area contributed by atoms with Crippen LogP contribution in [0.4, 0.5) is 0 Å². The van der Waals surface area contributed by atoms with Gasteiger partial charge < -0.3 is 5.11 Å². The highest BCUT2D eigenvalue weighted by Crippen LogP contribution is 2.31. The summed E-state index contributed by atoms with van der Waals surface area (Å²) in [6, 6.07) is 8.10. The monoisotopic (exact) mass is 322 g/mol. The van der Waals surface area contributed by atoms with Crippen molar-refractivity contribution >= 4 is 21.9 Å². The molecule has 0 saturated heterocycles. The third-order valence-corrected chi connectivity index (χ3v) is 3.78. The molecule has 100 valence electrons. The van der Waals surface area contributed by atoms with E-state index >= 15 is 0 Å². The van der Waals surface area contributed by atoms with E-state index in [4.69, 9.17) is 5.11 Å². The molecule has 5 heteroatoms. The molecule has 19 heavy (non-hydrogen) atoms. The van der Waals surface area contributed by atoms with Gasteiger partial charge in [0.1, 0.15) is 0 Å². The largest absolute Gasteiger partial charge is 0.476 e. The Morgan fingerprint density at radius 1 is 1.32 bits per heavy atom. The van der Waals surface area contributed by atoms with Crippen molar-refractivity contribution in [3.8, 4) is 11.3 Å². The normalized spacial score (nSPS) is 10.7. The van der Waals surface area contributed by atoms with Gasteiger partial charge in [-0.1, -0.05) is 31.2 Å². The lowest BCUT2D eigenvalue weighted by Gasteiger charge is -2.06. The van der Waals surface area contributed by atoms with Crippen LogP contribution in [-0.4, -0.2) is 20.9 Å². The Bertz CT molecular complexity index is 603. The van der Waals surface area contributed by atoms with Crippen LogP contribution in [0.3, 0.4) is 0 Å². The molecule has 2 rings (SSSR count). The Kier molecular flexibility index (Phi) is 4.04. The van der Waals surface area contributed by atoms with E-state index in [0.29, 0.717) is 11.0 Å². The third-order valence-electron chi connectivity index (χ3n) is 3.03. The first-order valence-corrected chi connectivity index (χ1v) is 6.96. The average molecular weight is 323 g/mol. The number of aromatic nitrogens is 2. The van der Waals surface area contributed by atoms with Gasteiger partial charge in [0, 0.05) is 12.1 Å². The molecule has 0 radical (unpaired) electrons. The van der Waals surface area contributed by atoms with Crippen LogP contribution in [0, 0.1) is 0 Å². The molecule has 0 fully saturated rings. The van der Waals surface area contributed by atoms with Gasteiger partial charge in [-0.3, -0.25) is 4.68 Å². The first-order chi connectivity index (χ1) is 9.08. The molecule has 1 N–H and O–H groups in total. The number of aryl methyl sites for hydroxylation is 2. The van der Waals surface area contributed by atoms with Gasteiger partial charge in [0.05, 0.1) is 10.2 Å². The van der Waals surface area contributed by atoms with Crippen LogP contribution >= 0.6 is 15.9 Å². The van der Waals surface area contributed by atoms with Crippen LogP contribution < -0.4 is 0 Å². The fourth-order valence-corrected chi connectivity index (χ4v) is 2.66. The number of hydrogen-bond acceptors (Lipinski definition) is 2. The van der Waals surface area contributed by atoms with Crippen LogP contribution in [-0.2, 0) is 13.0 Å². The summed E-state index contributed by atoms with van der Waals surface area (Å²) in [5.41, 5.74) is 3.07. The van der Waals surface area contributed by atoms with Gasteiger partial charge >= 0.3 is 5.97 Å². The van der Waals surface area contributed by atoms with E-state index in [2.05, 4.69) is 40.1 Å². The summed E-state index contributed by atoms with van der Waals surface area (Å²) in [7, 11) is 0. The van der Waals surface area contributed by atoms with Gasteiger partial charge in [-0.05, 0) is 34.8 Å². The summed E-state index contributed by atoms with van der Waals surface area (Å²) < 4.78 is 2.24. The Balaban J connectivity index is 2.56. The van der Waals surface area contributed by atoms with Crippen LogP contribution in [0.25, 0.3) is 11.3 Å². The second-order valence-electron chi connectivity index (χ2n) is 4.18. The first-order valence-electron chi connectivity index (χ1n) is 6.17. The molecule has 0 aliphatic rings. The van der Waals surface area contributed by atoms with Crippen molar-refractivity contribution in [3.63, 3.8) is 0 Å². The highest BCUT2D eigenvalue weighted by atomic mass is 79.9. The average Bonchev–Trinajstić information content (AvgIpc) is 2.76. The van der Waals surface area contributed by atoms with Crippen LogP contribution in [0.1, 0.15) is 29.9 Å². The van der Waals surface area contributed by atoms with Gasteiger partial charge in [0.2, 0.25) is 0 Å². The number of hydrogen-bond donors (Lipinski definition) is 1. The maximum atomic E-state index is 11.1. The third kappa shape index (κ3) is 2.56. The molecule has 1 heterocycles. The number of benzene rings is 1. The molecule has 4 nitrogen and oxygen atoms in total. The van der Waals surface area contributed by atoms with Gasteiger partial charge in [-0.2, -0.15) is 5.10 Å². The Labute approximate surface area is 120 Å². The number of carbonyl (C=O) groups is 1. The van der Waals surface area contributed by atoms with Crippen molar-refractivity contribution < 1.29 is 9.90 Å². The maximum absolute atomic E-state index is 11.1. The SMILES string of the molecule is CCc1ccc(-c2c(Br)c(C(=O)O)nn2CC)cc1. The van der Waals surface area contributed by atoms with Crippen molar-refractivity contribution in [1.82, 2.24) is 9.78 Å². The molecule has 0 atom stereocenters. The molecule has 0 aliphatic carbocycles. The lowest BCUT2D eigenvalue weighted by molar-refractivity contribution is 0.0688. The van der Waals surface area contributed by atoms with Crippen molar-refractivity contribution in [2.24, 2.45) is 0 Å². The molecule has 0 spiro atoms. The second-order valence-corrected chi connectivity index (χ2v) is 4.98. The molecule has 1 aromatic heterocycles. The number of nitrogens with zero attached hydrogens (tertiary/aromatic N) is 2. The van der Waals surface area contributed by atoms with Gasteiger partial charge in [-0.15, -0.1) is 0 Å². The van der Waals surface area contributed by atoms with E-state index in [1.807, 2.05) is 19.1 Å². The minimum absolute atomic E-state index is 0.0522. The summed E-state index contributed by atoms with van der Waals surface area (Å²) in [6.07, 6.45) is 0.981. The molecule has 1 aromatic carbocycles. The maximum Gasteiger partial charge on any atom is 0.357 e. The van der Waals surface area contributed by atoms with E-state index in [0.717, 1.165) is 17.7 Å². The van der Waals surface area contributed by atoms with Crippen molar-refractivity contribution in [1.29, 1.82) is 0 Å². The van der Waals surface area contributed by atoms with Crippen molar-refractivity contribution in [2.45, 2.75) is 26.8 Å². The topological polar surface area (TPSA) is 55.1 Å². The zero-order valence-corrected chi connectivity index (χ0v) is 12.4. The fraction of sp³-hybridized carbons (Fsp3) is 0.286. The molecular formula is C14H15BrN2O2. The number of carboxylic acid groups (broad SMARTS) is 1. The summed E-state index contributed by atoms with van der Waals surface area (Å²) in [5.74, 6) is -1.02. The van der Waals surface area contributed by atoms with Crippen LogP contribution in [0.15, 0.2) is 28.7 Å². The lowest BCUT2D eigenvalue weighted by atomic mass is 10.1. The van der Waals surface area contributed by atoms with Gasteiger partial charge in [0.25, 0.3) is 0 Å². The van der Waals surface area contributed by atoms with Crippen LogP contribution in [0.5, 0.6) is 0 Å². The van der Waals surface area contributed by atoms with E-state index in [9.17, 15) is 4.79 Å². The summed E-state index contributed by atoms with van der Waals surface area (Å²) in [6.45, 7) is 4.66. The molecule has 0 amide bonds. The number of rotatable bonds is 4. The summed E-state index contributed by atoms with van der Waals surface area (Å²) in [4.78, 5) is 11.1.